The predicted molar refractivity (Wildman–Crippen MR) is 71.3 cm³/mol. The Balaban J connectivity index is 2.32. The Kier molecular flexibility index (Phi) is 4.20. The number of hydrogen-bond acceptors (Lipinski definition) is 6. The van der Waals surface area contributed by atoms with Gasteiger partial charge in [0.25, 0.3) is 5.91 Å². The summed E-state index contributed by atoms with van der Waals surface area (Å²) < 4.78 is 0. The number of amides is 1. The highest BCUT2D eigenvalue weighted by Crippen LogP contribution is 2.25. The SMILES string of the molecule is NC(=O)c1nccnc1N1CCSCC1CC(=O)O. The molecule has 1 aliphatic heterocycles. The number of carbonyl (C=O) groups is 2. The summed E-state index contributed by atoms with van der Waals surface area (Å²) in [7, 11) is 0. The molecule has 0 bridgehead atoms. The topological polar surface area (TPSA) is 109 Å². The molecule has 0 aromatic carbocycles. The van der Waals surface area contributed by atoms with Crippen LogP contribution in [-0.4, -0.2) is 51.0 Å². The number of primary amides is 1. The molecule has 2 heterocycles. The first-order chi connectivity index (χ1) is 9.09. The minimum Gasteiger partial charge on any atom is -0.481 e. The Morgan fingerprint density at radius 1 is 1.47 bits per heavy atom. The van der Waals surface area contributed by atoms with E-state index in [0.29, 0.717) is 18.1 Å². The minimum absolute atomic E-state index is 0.00176. The molecule has 1 aromatic heterocycles. The summed E-state index contributed by atoms with van der Waals surface area (Å²) in [4.78, 5) is 32.2. The molecule has 0 spiro atoms. The molecule has 1 aliphatic rings. The van der Waals surface area contributed by atoms with Crippen molar-refractivity contribution in [3.05, 3.63) is 18.1 Å². The third-order valence-corrected chi connectivity index (χ3v) is 3.91. The molecule has 3 N–H and O–H groups in total. The highest BCUT2D eigenvalue weighted by molar-refractivity contribution is 7.99. The Labute approximate surface area is 114 Å². The third kappa shape index (κ3) is 3.14. The third-order valence-electron chi connectivity index (χ3n) is 2.82. The smallest absolute Gasteiger partial charge is 0.305 e. The van der Waals surface area contributed by atoms with E-state index in [1.807, 2.05) is 4.90 Å². The van der Waals surface area contributed by atoms with Crippen molar-refractivity contribution in [2.24, 2.45) is 5.73 Å². The van der Waals surface area contributed by atoms with E-state index >= 15 is 0 Å². The van der Waals surface area contributed by atoms with Crippen molar-refractivity contribution < 1.29 is 14.7 Å². The number of carboxylic acids is 1. The van der Waals surface area contributed by atoms with E-state index in [1.54, 1.807) is 11.8 Å². The molecule has 0 saturated carbocycles. The van der Waals surface area contributed by atoms with E-state index in [1.165, 1.54) is 12.4 Å². The fourth-order valence-electron chi connectivity index (χ4n) is 2.02. The van der Waals surface area contributed by atoms with Gasteiger partial charge in [-0.1, -0.05) is 0 Å². The van der Waals surface area contributed by atoms with E-state index in [9.17, 15) is 9.59 Å². The molecule has 7 nitrogen and oxygen atoms in total. The normalized spacial score (nSPS) is 19.2. The number of rotatable bonds is 4. The fourth-order valence-corrected chi connectivity index (χ4v) is 3.08. The van der Waals surface area contributed by atoms with E-state index in [4.69, 9.17) is 10.8 Å². The highest BCUT2D eigenvalue weighted by atomic mass is 32.2. The zero-order valence-electron chi connectivity index (χ0n) is 10.2. The second kappa shape index (κ2) is 5.87. The largest absolute Gasteiger partial charge is 0.481 e. The van der Waals surface area contributed by atoms with Crippen molar-refractivity contribution in [3.8, 4) is 0 Å². The average molecular weight is 282 g/mol. The molecular formula is C11H14N4O3S. The molecule has 1 fully saturated rings. The van der Waals surface area contributed by atoms with Crippen molar-refractivity contribution >= 4 is 29.5 Å². The molecule has 8 heteroatoms. The number of hydrogen-bond donors (Lipinski definition) is 2. The summed E-state index contributed by atoms with van der Waals surface area (Å²) in [6.45, 7) is 0.627. The Bertz CT molecular complexity index is 497. The van der Waals surface area contributed by atoms with Crippen molar-refractivity contribution in [1.82, 2.24) is 9.97 Å². The maximum absolute atomic E-state index is 11.4. The Hall–Kier alpha value is -1.83. The van der Waals surface area contributed by atoms with E-state index in [2.05, 4.69) is 9.97 Å². The first kappa shape index (κ1) is 13.6. The van der Waals surface area contributed by atoms with Crippen molar-refractivity contribution in [1.29, 1.82) is 0 Å². The molecule has 1 atom stereocenters. The summed E-state index contributed by atoms with van der Waals surface area (Å²) in [5, 5.41) is 8.95. The van der Waals surface area contributed by atoms with Gasteiger partial charge in [0.15, 0.2) is 11.5 Å². The Morgan fingerprint density at radius 2 is 2.21 bits per heavy atom. The van der Waals surface area contributed by atoms with Gasteiger partial charge in [-0.15, -0.1) is 0 Å². The van der Waals surface area contributed by atoms with Gasteiger partial charge in [-0.3, -0.25) is 9.59 Å². The summed E-state index contributed by atoms with van der Waals surface area (Å²) in [5.74, 6) is 0.380. The Morgan fingerprint density at radius 3 is 2.89 bits per heavy atom. The quantitative estimate of drug-likeness (QED) is 0.798. The molecule has 1 aromatic rings. The van der Waals surface area contributed by atoms with Crippen LogP contribution in [0.1, 0.15) is 16.9 Å². The van der Waals surface area contributed by atoms with E-state index in [-0.39, 0.29) is 18.2 Å². The van der Waals surface area contributed by atoms with Gasteiger partial charge in [-0.2, -0.15) is 11.8 Å². The van der Waals surface area contributed by atoms with Gasteiger partial charge in [0.1, 0.15) is 0 Å². The van der Waals surface area contributed by atoms with Crippen LogP contribution < -0.4 is 10.6 Å². The molecule has 2 rings (SSSR count). The molecule has 19 heavy (non-hydrogen) atoms. The maximum atomic E-state index is 11.4. The van der Waals surface area contributed by atoms with E-state index in [0.717, 1.165) is 5.75 Å². The highest BCUT2D eigenvalue weighted by Gasteiger charge is 2.29. The lowest BCUT2D eigenvalue weighted by Crippen LogP contribution is -2.45. The first-order valence-corrected chi connectivity index (χ1v) is 6.92. The first-order valence-electron chi connectivity index (χ1n) is 5.76. The monoisotopic (exact) mass is 282 g/mol. The molecular weight excluding hydrogens is 268 g/mol. The van der Waals surface area contributed by atoms with Crippen LogP contribution in [-0.2, 0) is 4.79 Å². The van der Waals surface area contributed by atoms with Gasteiger partial charge < -0.3 is 15.7 Å². The maximum Gasteiger partial charge on any atom is 0.305 e. The number of aliphatic carboxylic acids is 1. The van der Waals surface area contributed by atoms with Crippen molar-refractivity contribution in [2.45, 2.75) is 12.5 Å². The van der Waals surface area contributed by atoms with E-state index < -0.39 is 11.9 Å². The van der Waals surface area contributed by atoms with Crippen LogP contribution in [0.5, 0.6) is 0 Å². The number of nitrogens with zero attached hydrogens (tertiary/aromatic N) is 3. The fraction of sp³-hybridized carbons (Fsp3) is 0.455. The number of thioether (sulfide) groups is 1. The van der Waals surface area contributed by atoms with Gasteiger partial charge in [-0.05, 0) is 0 Å². The molecule has 1 unspecified atom stereocenters. The summed E-state index contributed by atoms with van der Waals surface area (Å²) in [6, 6.07) is -0.203. The van der Waals surface area contributed by atoms with Crippen LogP contribution in [0.15, 0.2) is 12.4 Å². The molecule has 0 aliphatic carbocycles. The summed E-state index contributed by atoms with van der Waals surface area (Å²) >= 11 is 1.69. The number of aromatic nitrogens is 2. The van der Waals surface area contributed by atoms with Crippen LogP contribution in [0.25, 0.3) is 0 Å². The van der Waals surface area contributed by atoms with Crippen LogP contribution in [0.2, 0.25) is 0 Å². The zero-order valence-corrected chi connectivity index (χ0v) is 11.0. The van der Waals surface area contributed by atoms with Gasteiger partial charge in [-0.25, -0.2) is 9.97 Å². The van der Waals surface area contributed by atoms with Crippen LogP contribution in [0.3, 0.4) is 0 Å². The summed E-state index contributed by atoms with van der Waals surface area (Å²) in [5.41, 5.74) is 5.37. The average Bonchev–Trinajstić information content (AvgIpc) is 2.38. The summed E-state index contributed by atoms with van der Waals surface area (Å²) in [6.07, 6.45) is 2.87. The van der Waals surface area contributed by atoms with Crippen molar-refractivity contribution in [3.63, 3.8) is 0 Å². The zero-order chi connectivity index (χ0) is 13.8. The second-order valence-electron chi connectivity index (χ2n) is 4.11. The standard InChI is InChI=1S/C11H14N4O3S/c12-10(18)9-11(14-2-1-13-9)15-3-4-19-6-7(15)5-8(16)17/h1-2,7H,3-6H2,(H2,12,18)(H,16,17). The van der Waals surface area contributed by atoms with Crippen LogP contribution in [0, 0.1) is 0 Å². The van der Waals surface area contributed by atoms with Gasteiger partial charge in [0.05, 0.1) is 12.5 Å². The number of anilines is 1. The van der Waals surface area contributed by atoms with Crippen molar-refractivity contribution in [2.75, 3.05) is 23.0 Å². The van der Waals surface area contributed by atoms with Gasteiger partial charge in [0.2, 0.25) is 0 Å². The lowest BCUT2D eigenvalue weighted by atomic mass is 10.2. The second-order valence-corrected chi connectivity index (χ2v) is 5.26. The molecule has 102 valence electrons. The van der Waals surface area contributed by atoms with Crippen LogP contribution >= 0.6 is 11.8 Å². The molecule has 1 amide bonds. The number of carboxylic acid groups (broad SMARTS) is 1. The van der Waals surface area contributed by atoms with Crippen LogP contribution in [0.4, 0.5) is 5.82 Å². The number of carbonyl (C=O) groups excluding carboxylic acids is 1. The minimum atomic E-state index is -0.873. The predicted octanol–water partition coefficient (Wildman–Crippen LogP) is -0.0280. The van der Waals surface area contributed by atoms with Gasteiger partial charge in [0, 0.05) is 30.4 Å². The van der Waals surface area contributed by atoms with Gasteiger partial charge >= 0.3 is 5.97 Å². The molecule has 0 radical (unpaired) electrons. The lowest BCUT2D eigenvalue weighted by Gasteiger charge is -2.35. The molecule has 1 saturated heterocycles. The lowest BCUT2D eigenvalue weighted by molar-refractivity contribution is -0.137. The number of nitrogens with two attached hydrogens (primary N) is 1.